The largest absolute Gasteiger partial charge is 0.367 e. The highest BCUT2D eigenvalue weighted by Crippen LogP contribution is 2.29. The number of halogens is 1. The molecule has 21 heavy (non-hydrogen) atoms. The Morgan fingerprint density at radius 2 is 1.86 bits per heavy atom. The van der Waals surface area contributed by atoms with E-state index in [-0.39, 0.29) is 11.4 Å². The fourth-order valence-corrected chi connectivity index (χ4v) is 2.52. The zero-order valence-electron chi connectivity index (χ0n) is 11.0. The first kappa shape index (κ1) is 11.9. The van der Waals surface area contributed by atoms with Crippen molar-refractivity contribution >= 4 is 5.69 Å². The van der Waals surface area contributed by atoms with Crippen LogP contribution in [0.25, 0.3) is 17.1 Å². The number of hydrogen-bond donors (Lipinski definition) is 1. The minimum Gasteiger partial charge on any atom is -0.367 e. The topological polar surface area (TPSA) is 51.9 Å². The second kappa shape index (κ2) is 4.31. The van der Waals surface area contributed by atoms with E-state index in [0.29, 0.717) is 12.5 Å². The molecule has 5 nitrogen and oxygen atoms in total. The molecule has 2 aromatic carbocycles. The molecule has 1 aliphatic rings. The highest BCUT2D eigenvalue weighted by atomic mass is 19.1. The Labute approximate surface area is 119 Å². The molecule has 0 amide bonds. The number of aromatic nitrogens is 3. The summed E-state index contributed by atoms with van der Waals surface area (Å²) in [6.07, 6.45) is 0. The zero-order valence-corrected chi connectivity index (χ0v) is 11.0. The van der Waals surface area contributed by atoms with Crippen LogP contribution in [0.4, 0.5) is 10.1 Å². The lowest BCUT2D eigenvalue weighted by Crippen LogP contribution is -2.28. The molecule has 104 valence electrons. The van der Waals surface area contributed by atoms with Crippen LogP contribution in [0.2, 0.25) is 0 Å². The first-order valence-electron chi connectivity index (χ1n) is 6.54. The van der Waals surface area contributed by atoms with Gasteiger partial charge >= 0.3 is 5.69 Å². The number of nitrogens with one attached hydrogen (secondary N) is 1. The lowest BCUT2D eigenvalue weighted by atomic mass is 10.1. The van der Waals surface area contributed by atoms with Gasteiger partial charge in [-0.05, 0) is 24.3 Å². The molecule has 0 fully saturated rings. The van der Waals surface area contributed by atoms with E-state index >= 15 is 0 Å². The van der Waals surface area contributed by atoms with Gasteiger partial charge in [0.25, 0.3) is 0 Å². The van der Waals surface area contributed by atoms with Gasteiger partial charge in [0, 0.05) is 11.3 Å². The van der Waals surface area contributed by atoms with Crippen LogP contribution in [-0.2, 0) is 6.67 Å². The Morgan fingerprint density at radius 3 is 2.71 bits per heavy atom. The van der Waals surface area contributed by atoms with Gasteiger partial charge in [0.15, 0.2) is 5.82 Å². The van der Waals surface area contributed by atoms with E-state index in [9.17, 15) is 9.18 Å². The van der Waals surface area contributed by atoms with E-state index in [1.165, 1.54) is 16.7 Å². The summed E-state index contributed by atoms with van der Waals surface area (Å²) < 4.78 is 16.5. The molecule has 0 unspecified atom stereocenters. The molecule has 3 aromatic rings. The molecule has 0 saturated carbocycles. The maximum atomic E-state index is 13.9. The number of rotatable bonds is 1. The van der Waals surface area contributed by atoms with Crippen molar-refractivity contribution in [3.63, 3.8) is 0 Å². The third kappa shape index (κ3) is 1.69. The van der Waals surface area contributed by atoms with Crippen molar-refractivity contribution < 1.29 is 4.39 Å². The van der Waals surface area contributed by atoms with Gasteiger partial charge in [0.2, 0.25) is 0 Å². The summed E-state index contributed by atoms with van der Waals surface area (Å²) in [5, 5.41) is 7.46. The Balaban J connectivity index is 1.98. The second-order valence-electron chi connectivity index (χ2n) is 4.78. The van der Waals surface area contributed by atoms with E-state index in [1.807, 2.05) is 24.3 Å². The van der Waals surface area contributed by atoms with E-state index in [0.717, 1.165) is 15.9 Å². The molecule has 2 heterocycles. The van der Waals surface area contributed by atoms with Crippen molar-refractivity contribution in [2.45, 2.75) is 6.67 Å². The fraction of sp³-hybridized carbons (Fsp3) is 0.0667. The van der Waals surface area contributed by atoms with Crippen LogP contribution in [-0.4, -0.2) is 14.3 Å². The molecule has 1 N–H and O–H groups in total. The standard InChI is InChI=1S/C15H11FN4O/c16-11-6-2-4-8-13(11)20-15(21)19-9-17-12-7-3-1-5-10(12)14(19)18-20/h1-8,17H,9H2. The molecule has 0 atom stereocenters. The first-order chi connectivity index (χ1) is 10.3. The van der Waals surface area contributed by atoms with Crippen molar-refractivity contribution in [2.75, 3.05) is 5.32 Å². The van der Waals surface area contributed by atoms with Gasteiger partial charge in [-0.3, -0.25) is 4.57 Å². The number of para-hydroxylation sites is 2. The monoisotopic (exact) mass is 282 g/mol. The van der Waals surface area contributed by atoms with E-state index in [1.54, 1.807) is 12.1 Å². The second-order valence-corrected chi connectivity index (χ2v) is 4.78. The Kier molecular flexibility index (Phi) is 2.44. The fourth-order valence-electron chi connectivity index (χ4n) is 2.52. The summed E-state index contributed by atoms with van der Waals surface area (Å²) >= 11 is 0. The van der Waals surface area contributed by atoms with Crippen molar-refractivity contribution in [3.05, 3.63) is 64.8 Å². The van der Waals surface area contributed by atoms with Gasteiger partial charge in [0.05, 0.1) is 6.67 Å². The minimum absolute atomic E-state index is 0.155. The molecule has 1 aliphatic heterocycles. The maximum Gasteiger partial charge on any atom is 0.352 e. The van der Waals surface area contributed by atoms with Crippen molar-refractivity contribution in [2.24, 2.45) is 0 Å². The normalized spacial score (nSPS) is 12.4. The Morgan fingerprint density at radius 1 is 1.10 bits per heavy atom. The van der Waals surface area contributed by atoms with Crippen molar-refractivity contribution in [1.29, 1.82) is 0 Å². The van der Waals surface area contributed by atoms with Crippen LogP contribution in [0, 0.1) is 5.82 Å². The Hall–Kier alpha value is -2.89. The molecule has 1 aromatic heterocycles. The smallest absolute Gasteiger partial charge is 0.352 e. The number of nitrogens with zero attached hydrogens (tertiary/aromatic N) is 3. The minimum atomic E-state index is -0.476. The Bertz CT molecular complexity index is 897. The predicted octanol–water partition coefficient (Wildman–Crippen LogP) is 2.22. The average Bonchev–Trinajstić information content (AvgIpc) is 2.85. The highest BCUT2D eigenvalue weighted by molar-refractivity contribution is 5.75. The molecule has 0 radical (unpaired) electrons. The molecule has 4 rings (SSSR count). The number of anilines is 1. The summed E-state index contributed by atoms with van der Waals surface area (Å²) in [6, 6.07) is 13.7. The van der Waals surface area contributed by atoms with Crippen LogP contribution < -0.4 is 11.0 Å². The van der Waals surface area contributed by atoms with Gasteiger partial charge in [-0.15, -0.1) is 5.10 Å². The molecule has 6 heteroatoms. The molecule has 0 bridgehead atoms. The first-order valence-corrected chi connectivity index (χ1v) is 6.54. The van der Waals surface area contributed by atoms with Gasteiger partial charge in [0.1, 0.15) is 11.5 Å². The molecular formula is C15H11FN4O. The molecule has 0 aliphatic carbocycles. The summed E-state index contributed by atoms with van der Waals surface area (Å²) in [4.78, 5) is 12.4. The average molecular weight is 282 g/mol. The van der Waals surface area contributed by atoms with Crippen LogP contribution in [0.5, 0.6) is 0 Å². The van der Waals surface area contributed by atoms with Crippen LogP contribution in [0.3, 0.4) is 0 Å². The van der Waals surface area contributed by atoms with E-state index in [4.69, 9.17) is 0 Å². The van der Waals surface area contributed by atoms with Crippen LogP contribution in [0.15, 0.2) is 53.3 Å². The molecular weight excluding hydrogens is 271 g/mol. The summed E-state index contributed by atoms with van der Waals surface area (Å²) in [6.45, 7) is 0.319. The van der Waals surface area contributed by atoms with Crippen molar-refractivity contribution in [3.8, 4) is 17.1 Å². The quantitative estimate of drug-likeness (QED) is 0.744. The number of benzene rings is 2. The van der Waals surface area contributed by atoms with E-state index in [2.05, 4.69) is 10.4 Å². The van der Waals surface area contributed by atoms with Crippen LogP contribution >= 0.6 is 0 Å². The van der Waals surface area contributed by atoms with Gasteiger partial charge in [-0.1, -0.05) is 24.3 Å². The summed E-state index contributed by atoms with van der Waals surface area (Å²) in [5.74, 6) is 0.0638. The highest BCUT2D eigenvalue weighted by Gasteiger charge is 2.22. The summed E-state index contributed by atoms with van der Waals surface area (Å²) in [7, 11) is 0. The summed E-state index contributed by atoms with van der Waals surface area (Å²) in [5.41, 5.74) is 1.53. The van der Waals surface area contributed by atoms with Gasteiger partial charge in [-0.25, -0.2) is 9.18 Å². The third-order valence-corrected chi connectivity index (χ3v) is 3.54. The third-order valence-electron chi connectivity index (χ3n) is 3.54. The van der Waals surface area contributed by atoms with Crippen molar-refractivity contribution in [1.82, 2.24) is 14.3 Å². The van der Waals surface area contributed by atoms with E-state index < -0.39 is 5.82 Å². The number of hydrogen-bond acceptors (Lipinski definition) is 3. The predicted molar refractivity (Wildman–Crippen MR) is 76.8 cm³/mol. The lowest BCUT2D eigenvalue weighted by molar-refractivity contribution is 0.605. The lowest BCUT2D eigenvalue weighted by Gasteiger charge is -2.17. The molecule has 0 spiro atoms. The van der Waals surface area contributed by atoms with Crippen LogP contribution in [0.1, 0.15) is 0 Å². The molecule has 0 saturated heterocycles. The maximum absolute atomic E-state index is 13.9. The van der Waals surface area contributed by atoms with Gasteiger partial charge < -0.3 is 5.32 Å². The van der Waals surface area contributed by atoms with Gasteiger partial charge in [-0.2, -0.15) is 4.68 Å². The SMILES string of the molecule is O=c1n(-c2ccccc2F)nc2n1CNc1ccccc1-2. The number of fused-ring (bicyclic) bond motifs is 3. The zero-order chi connectivity index (χ0) is 14.4.